The number of hydrogen-bond donors (Lipinski definition) is 5. The van der Waals surface area contributed by atoms with Crippen molar-refractivity contribution in [3.63, 3.8) is 0 Å². The molecule has 3 rings (SSSR count). The molecule has 0 saturated carbocycles. The van der Waals surface area contributed by atoms with Gasteiger partial charge in [0.15, 0.2) is 11.6 Å². The third kappa shape index (κ3) is 16.9. The van der Waals surface area contributed by atoms with Gasteiger partial charge in [0.05, 0.1) is 17.0 Å². The van der Waals surface area contributed by atoms with Crippen LogP contribution in [0.5, 0.6) is 0 Å². The van der Waals surface area contributed by atoms with Crippen LogP contribution < -0.4 is 27.0 Å². The number of likely N-dealkylation sites (tertiary alicyclic amines) is 1. The fourth-order valence-electron chi connectivity index (χ4n) is 7.80. The van der Waals surface area contributed by atoms with Crippen LogP contribution in [0.15, 0.2) is 48.5 Å². The molecule has 0 aromatic heterocycles. The third-order valence-corrected chi connectivity index (χ3v) is 12.0. The van der Waals surface area contributed by atoms with Gasteiger partial charge in [0.1, 0.15) is 17.9 Å². The Morgan fingerprint density at radius 1 is 0.844 bits per heavy atom. The van der Waals surface area contributed by atoms with E-state index >= 15 is 0 Å². The quantitative estimate of drug-likeness (QED) is 0.0466. The Labute approximate surface area is 377 Å². The first-order valence-corrected chi connectivity index (χ1v) is 22.4. The average molecular weight is 891 g/mol. The van der Waals surface area contributed by atoms with Crippen molar-refractivity contribution in [1.82, 2.24) is 25.8 Å². The van der Waals surface area contributed by atoms with Gasteiger partial charge in [-0.2, -0.15) is 0 Å². The number of amides is 5. The van der Waals surface area contributed by atoms with Crippen LogP contribution in [0.1, 0.15) is 104 Å². The van der Waals surface area contributed by atoms with E-state index in [1.807, 2.05) is 20.9 Å². The third-order valence-electron chi connectivity index (χ3n) is 12.0. The molecule has 64 heavy (non-hydrogen) atoms. The van der Waals surface area contributed by atoms with Gasteiger partial charge in [-0.05, 0) is 122 Å². The van der Waals surface area contributed by atoms with E-state index in [0.29, 0.717) is 55.1 Å². The van der Waals surface area contributed by atoms with Crippen molar-refractivity contribution in [1.29, 1.82) is 0 Å². The molecule has 1 heterocycles. The highest BCUT2D eigenvalue weighted by molar-refractivity contribution is 5.97. The van der Waals surface area contributed by atoms with Crippen molar-refractivity contribution in [2.45, 2.75) is 136 Å². The Balaban J connectivity index is 1.91. The van der Waals surface area contributed by atoms with Crippen molar-refractivity contribution in [2.75, 3.05) is 32.5 Å². The van der Waals surface area contributed by atoms with Gasteiger partial charge in [0.2, 0.25) is 17.7 Å². The van der Waals surface area contributed by atoms with Crippen LogP contribution in [0.3, 0.4) is 0 Å². The number of unbranched alkanes of at least 4 members (excludes halogenated alkanes) is 1. The van der Waals surface area contributed by atoms with Crippen LogP contribution in [0.4, 0.5) is 16.2 Å². The van der Waals surface area contributed by atoms with Gasteiger partial charge in [-0.1, -0.05) is 45.0 Å². The minimum absolute atomic E-state index is 0.0228. The van der Waals surface area contributed by atoms with Crippen molar-refractivity contribution < 1.29 is 38.5 Å². The molecule has 17 nitrogen and oxygen atoms in total. The normalized spacial score (nSPS) is 16.2. The van der Waals surface area contributed by atoms with Crippen molar-refractivity contribution in [2.24, 2.45) is 23.5 Å². The Morgan fingerprint density at radius 3 is 2.02 bits per heavy atom. The lowest BCUT2D eigenvalue weighted by atomic mass is 9.89. The average Bonchev–Trinajstić information content (AvgIpc) is 3.73. The van der Waals surface area contributed by atoms with Gasteiger partial charge in [0.25, 0.3) is 5.69 Å². The summed E-state index contributed by atoms with van der Waals surface area (Å²) in [7, 11) is 3.63. The molecule has 1 saturated heterocycles. The molecule has 0 spiro atoms. The number of benzene rings is 2. The molecule has 17 heteroatoms. The molecule has 6 N–H and O–H groups in total. The van der Waals surface area contributed by atoms with Crippen LogP contribution in [0.25, 0.3) is 0 Å². The first-order chi connectivity index (χ1) is 30.2. The number of non-ortho nitro benzene ring substituents is 1. The van der Waals surface area contributed by atoms with Gasteiger partial charge >= 0.3 is 6.03 Å². The number of rotatable bonds is 27. The van der Waals surface area contributed by atoms with E-state index in [-0.39, 0.29) is 67.0 Å². The van der Waals surface area contributed by atoms with E-state index in [2.05, 4.69) is 40.0 Å². The van der Waals surface area contributed by atoms with Gasteiger partial charge in [-0.25, -0.2) is 4.79 Å². The molecule has 1 aliphatic rings. The summed E-state index contributed by atoms with van der Waals surface area (Å²) in [5.41, 5.74) is 6.98. The molecule has 2 aromatic rings. The number of carbonyl (C=O) groups is 7. The summed E-state index contributed by atoms with van der Waals surface area (Å²) in [6.45, 7) is 12.2. The molecule has 352 valence electrons. The highest BCUT2D eigenvalue weighted by atomic mass is 16.6. The number of nitrogens with zero attached hydrogens (tertiary/aromatic N) is 3. The number of nitro benzene ring substituents is 1. The summed E-state index contributed by atoms with van der Waals surface area (Å²) in [6.07, 6.45) is 3.06. The Bertz CT molecular complexity index is 1920. The lowest BCUT2D eigenvalue weighted by molar-refractivity contribution is -0.384. The number of nitrogens with one attached hydrogen (secondary N) is 4. The highest BCUT2D eigenvalue weighted by Gasteiger charge is 2.39. The van der Waals surface area contributed by atoms with E-state index in [1.165, 1.54) is 24.0 Å². The van der Waals surface area contributed by atoms with Gasteiger partial charge in [-0.3, -0.25) is 38.9 Å². The Kier molecular flexibility index (Phi) is 21.2. The van der Waals surface area contributed by atoms with E-state index in [9.17, 15) is 43.7 Å². The molecule has 1 aliphatic heterocycles. The van der Waals surface area contributed by atoms with Crippen LogP contribution in [-0.4, -0.2) is 113 Å². The zero-order valence-corrected chi connectivity index (χ0v) is 38.8. The smallest absolute Gasteiger partial charge is 0.316 e. The SMILES string of the molecule is CN[C@@H](Cc1ccc([N+](=O)[O-])cc1)C(=O)C[C@H](Cc1ccc(NC(N)=O)cc1)C(=O)N[C@@H](CC(C)C)C(=O)N[C@@H](CCCCN(C)C(C)C)C(=O)N1CCC[C@H]1C(=O)C[C@H](C)C(C)=O. The Morgan fingerprint density at radius 2 is 1.45 bits per heavy atom. The molecule has 2 aromatic carbocycles. The summed E-state index contributed by atoms with van der Waals surface area (Å²) < 4.78 is 0. The molecule has 5 amide bonds. The standard InChI is InChI=1S/C47H70N8O9/c1-29(2)24-40(45(60)51-38(12-9-10-22-53(8)30(3)4)46(61)54-23-11-13-41(54)43(58)25-31(5)32(6)56)52-44(59)35(26-33-14-18-36(19-15-33)50-47(48)62)28-42(57)39(49-7)27-34-16-20-37(21-17-34)55(63)64/h14-21,29-31,35,38-41,49H,9-13,22-28H2,1-8H3,(H,51,60)(H,52,59)(H3,48,50,62)/t31-,35-,38-,39-,40-,41-/m0/s1. The second kappa shape index (κ2) is 25.7. The minimum atomic E-state index is -1.08. The number of primary amides is 1. The first-order valence-electron chi connectivity index (χ1n) is 22.4. The molecule has 6 atom stereocenters. The van der Waals surface area contributed by atoms with Crippen LogP contribution in [0, 0.1) is 27.9 Å². The van der Waals surface area contributed by atoms with Crippen LogP contribution in [0.2, 0.25) is 0 Å². The molecular formula is C47H70N8O9. The highest BCUT2D eigenvalue weighted by Crippen LogP contribution is 2.24. The fraction of sp³-hybridized carbons (Fsp3) is 0.596. The number of Topliss-reactive ketones (excluding diaryl/α,β-unsaturated/α-hetero) is 3. The Hall–Kier alpha value is -5.55. The summed E-state index contributed by atoms with van der Waals surface area (Å²) >= 11 is 0. The molecule has 0 unspecified atom stereocenters. The van der Waals surface area contributed by atoms with Gasteiger partial charge in [0, 0.05) is 55.1 Å². The molecule has 0 aliphatic carbocycles. The van der Waals surface area contributed by atoms with E-state index in [0.717, 1.165) is 13.0 Å². The first kappa shape index (κ1) is 52.8. The molecule has 0 bridgehead atoms. The van der Waals surface area contributed by atoms with E-state index in [1.54, 1.807) is 50.4 Å². The predicted molar refractivity (Wildman–Crippen MR) is 245 cm³/mol. The molecule has 0 radical (unpaired) electrons. The van der Waals surface area contributed by atoms with Crippen molar-refractivity contribution >= 4 is 52.5 Å². The number of nitrogens with two attached hydrogens (primary N) is 1. The number of urea groups is 1. The maximum atomic E-state index is 14.4. The lowest BCUT2D eigenvalue weighted by Crippen LogP contribution is -2.56. The topological polar surface area (TPSA) is 243 Å². The second-order valence-corrected chi connectivity index (χ2v) is 17.9. The minimum Gasteiger partial charge on any atom is -0.351 e. The predicted octanol–water partition coefficient (Wildman–Crippen LogP) is 4.74. The van der Waals surface area contributed by atoms with Crippen LogP contribution in [-0.2, 0) is 41.6 Å². The maximum absolute atomic E-state index is 14.4. The van der Waals surface area contributed by atoms with E-state index < -0.39 is 58.8 Å². The summed E-state index contributed by atoms with van der Waals surface area (Å²) in [5.74, 6) is -3.58. The summed E-state index contributed by atoms with van der Waals surface area (Å²) in [6, 6.07) is 8.60. The lowest BCUT2D eigenvalue weighted by Gasteiger charge is -2.31. The number of carbonyl (C=O) groups excluding carboxylic acids is 7. The molecular weight excluding hydrogens is 821 g/mol. The number of nitro groups is 1. The van der Waals surface area contributed by atoms with Crippen molar-refractivity contribution in [3.05, 3.63) is 69.8 Å². The second-order valence-electron chi connectivity index (χ2n) is 17.9. The van der Waals surface area contributed by atoms with E-state index in [4.69, 9.17) is 5.73 Å². The zero-order chi connectivity index (χ0) is 47.7. The number of likely N-dealkylation sites (N-methyl/N-ethyl adjacent to an activating group) is 1. The number of ketones is 3. The monoisotopic (exact) mass is 891 g/mol. The van der Waals surface area contributed by atoms with Gasteiger partial charge < -0.3 is 36.8 Å². The van der Waals surface area contributed by atoms with Crippen LogP contribution >= 0.6 is 0 Å². The maximum Gasteiger partial charge on any atom is 0.316 e. The fourth-order valence-corrected chi connectivity index (χ4v) is 7.80. The van der Waals surface area contributed by atoms with Crippen molar-refractivity contribution in [3.8, 4) is 0 Å². The zero-order valence-electron chi connectivity index (χ0n) is 38.8. The number of hydrogen-bond acceptors (Lipinski definition) is 11. The molecule has 1 fully saturated rings. The largest absolute Gasteiger partial charge is 0.351 e. The summed E-state index contributed by atoms with van der Waals surface area (Å²) in [4.78, 5) is 108. The van der Waals surface area contributed by atoms with Gasteiger partial charge in [-0.15, -0.1) is 0 Å². The number of anilines is 1. The summed E-state index contributed by atoms with van der Waals surface area (Å²) in [5, 5.41) is 22.6.